The highest BCUT2D eigenvalue weighted by molar-refractivity contribution is 5.89. The van der Waals surface area contributed by atoms with E-state index in [1.807, 2.05) is 0 Å². The van der Waals surface area contributed by atoms with E-state index in [1.165, 1.54) is 6.92 Å². The highest BCUT2D eigenvalue weighted by Crippen LogP contribution is 2.27. The summed E-state index contributed by atoms with van der Waals surface area (Å²) in [5, 5.41) is 20.4. The van der Waals surface area contributed by atoms with E-state index in [-0.39, 0.29) is 19.6 Å². The maximum atomic E-state index is 11.6. The van der Waals surface area contributed by atoms with Crippen LogP contribution in [0.4, 0.5) is 0 Å². The van der Waals surface area contributed by atoms with Gasteiger partial charge in [-0.15, -0.1) is 0 Å². The zero-order chi connectivity index (χ0) is 13.6. The van der Waals surface area contributed by atoms with Gasteiger partial charge in [-0.05, 0) is 12.5 Å². The Morgan fingerprint density at radius 3 is 2.39 bits per heavy atom. The van der Waals surface area contributed by atoms with Gasteiger partial charge < -0.3 is 15.5 Å². The van der Waals surface area contributed by atoms with E-state index in [2.05, 4.69) is 5.32 Å². The third-order valence-corrected chi connectivity index (χ3v) is 2.83. The molecule has 0 aromatic heterocycles. The second-order valence-electron chi connectivity index (χ2n) is 4.25. The predicted octanol–water partition coefficient (Wildman–Crippen LogP) is 0.527. The zero-order valence-corrected chi connectivity index (χ0v) is 10.2. The molecule has 1 rings (SSSR count). The van der Waals surface area contributed by atoms with Crippen molar-refractivity contribution in [2.75, 3.05) is 13.2 Å². The molecule has 0 aliphatic rings. The van der Waals surface area contributed by atoms with E-state index in [0.717, 1.165) is 0 Å². The molecule has 1 unspecified atom stereocenters. The van der Waals surface area contributed by atoms with Crippen LogP contribution in [0.15, 0.2) is 30.3 Å². The van der Waals surface area contributed by atoms with E-state index in [1.54, 1.807) is 30.3 Å². The summed E-state index contributed by atoms with van der Waals surface area (Å²) < 4.78 is 0. The monoisotopic (exact) mass is 251 g/mol. The Balaban J connectivity index is 2.89. The number of carboxylic acids is 1. The van der Waals surface area contributed by atoms with Crippen LogP contribution in [-0.2, 0) is 15.0 Å². The summed E-state index contributed by atoms with van der Waals surface area (Å²) >= 11 is 0. The van der Waals surface area contributed by atoms with Gasteiger partial charge in [-0.2, -0.15) is 0 Å². The summed E-state index contributed by atoms with van der Waals surface area (Å²) in [4.78, 5) is 23.0. The maximum absolute atomic E-state index is 11.6. The van der Waals surface area contributed by atoms with Gasteiger partial charge in [-0.25, -0.2) is 0 Å². The Bertz CT molecular complexity index is 418. The Labute approximate surface area is 105 Å². The lowest BCUT2D eigenvalue weighted by molar-refractivity contribution is -0.145. The van der Waals surface area contributed by atoms with Gasteiger partial charge in [0.2, 0.25) is 5.91 Å². The molecule has 0 radical (unpaired) electrons. The first-order chi connectivity index (χ1) is 8.50. The van der Waals surface area contributed by atoms with Crippen LogP contribution < -0.4 is 5.32 Å². The molecular weight excluding hydrogens is 234 g/mol. The Morgan fingerprint density at radius 2 is 1.89 bits per heavy atom. The van der Waals surface area contributed by atoms with Crippen molar-refractivity contribution in [1.29, 1.82) is 0 Å². The summed E-state index contributed by atoms with van der Waals surface area (Å²) in [6.07, 6.45) is -0.160. The Hall–Kier alpha value is -1.88. The van der Waals surface area contributed by atoms with Crippen LogP contribution in [0, 0.1) is 0 Å². The second kappa shape index (κ2) is 6.16. The van der Waals surface area contributed by atoms with Crippen molar-refractivity contribution in [3.63, 3.8) is 0 Å². The lowest BCUT2D eigenvalue weighted by atomic mass is 9.79. The van der Waals surface area contributed by atoms with Crippen LogP contribution in [0.5, 0.6) is 0 Å². The molecule has 98 valence electrons. The van der Waals surface area contributed by atoms with E-state index in [0.29, 0.717) is 5.56 Å². The summed E-state index contributed by atoms with van der Waals surface area (Å²) in [6.45, 7) is 1.48. The minimum Gasteiger partial charge on any atom is -0.481 e. The van der Waals surface area contributed by atoms with Gasteiger partial charge in [0.25, 0.3) is 0 Å². The van der Waals surface area contributed by atoms with Crippen LogP contribution in [-0.4, -0.2) is 35.2 Å². The first kappa shape index (κ1) is 14.2. The molecule has 0 aliphatic heterocycles. The fraction of sp³-hybridized carbons (Fsp3) is 0.385. The number of aliphatic carboxylic acids is 1. The molecule has 0 heterocycles. The van der Waals surface area contributed by atoms with Crippen LogP contribution in [0.25, 0.3) is 0 Å². The number of carboxylic acid groups (broad SMARTS) is 1. The van der Waals surface area contributed by atoms with Crippen molar-refractivity contribution in [2.24, 2.45) is 0 Å². The smallest absolute Gasteiger partial charge is 0.314 e. The third kappa shape index (κ3) is 3.30. The van der Waals surface area contributed by atoms with E-state index in [4.69, 9.17) is 5.11 Å². The van der Waals surface area contributed by atoms with E-state index in [9.17, 15) is 14.7 Å². The lowest BCUT2D eigenvalue weighted by Gasteiger charge is -2.24. The Kier molecular flexibility index (Phi) is 4.85. The van der Waals surface area contributed by atoms with E-state index < -0.39 is 17.3 Å². The average molecular weight is 251 g/mol. The van der Waals surface area contributed by atoms with Gasteiger partial charge in [-0.1, -0.05) is 30.3 Å². The Morgan fingerprint density at radius 1 is 1.28 bits per heavy atom. The number of carbonyl (C=O) groups excluding carboxylic acids is 1. The van der Waals surface area contributed by atoms with Crippen molar-refractivity contribution in [2.45, 2.75) is 18.8 Å². The molecule has 0 saturated heterocycles. The largest absolute Gasteiger partial charge is 0.481 e. The van der Waals surface area contributed by atoms with Crippen molar-refractivity contribution in [3.05, 3.63) is 35.9 Å². The molecule has 0 aliphatic carbocycles. The summed E-state index contributed by atoms with van der Waals surface area (Å²) in [5.41, 5.74) is -0.683. The normalized spacial score (nSPS) is 13.7. The van der Waals surface area contributed by atoms with Gasteiger partial charge in [0, 0.05) is 13.0 Å². The molecule has 1 aromatic rings. The number of aliphatic hydroxyl groups is 1. The first-order valence-electron chi connectivity index (χ1n) is 5.67. The summed E-state index contributed by atoms with van der Waals surface area (Å²) in [7, 11) is 0. The van der Waals surface area contributed by atoms with Crippen LogP contribution in [0.3, 0.4) is 0 Å². The standard InChI is InChI=1S/C13H17NO4/c1-13(12(17)18,9-11(16)14-7-8-15)10-5-3-2-4-6-10/h2-6,15H,7-9H2,1H3,(H,14,16)(H,17,18). The molecule has 0 bridgehead atoms. The fourth-order valence-corrected chi connectivity index (χ4v) is 1.69. The molecule has 5 heteroatoms. The van der Waals surface area contributed by atoms with Gasteiger partial charge in [0.05, 0.1) is 12.0 Å². The number of rotatable bonds is 6. The number of hydrogen-bond donors (Lipinski definition) is 3. The summed E-state index contributed by atoms with van der Waals surface area (Å²) in [6, 6.07) is 8.64. The fourth-order valence-electron chi connectivity index (χ4n) is 1.69. The maximum Gasteiger partial charge on any atom is 0.314 e. The van der Waals surface area contributed by atoms with Gasteiger partial charge in [0.1, 0.15) is 0 Å². The highest BCUT2D eigenvalue weighted by Gasteiger charge is 2.37. The number of hydrogen-bond acceptors (Lipinski definition) is 3. The average Bonchev–Trinajstić information content (AvgIpc) is 2.37. The highest BCUT2D eigenvalue weighted by atomic mass is 16.4. The van der Waals surface area contributed by atoms with Crippen molar-refractivity contribution < 1.29 is 19.8 Å². The molecule has 1 atom stereocenters. The molecule has 0 spiro atoms. The SMILES string of the molecule is CC(CC(=O)NCCO)(C(=O)O)c1ccccc1. The minimum absolute atomic E-state index is 0.128. The molecule has 0 saturated carbocycles. The number of aliphatic hydroxyl groups excluding tert-OH is 1. The van der Waals surface area contributed by atoms with Crippen LogP contribution >= 0.6 is 0 Å². The molecule has 1 aromatic carbocycles. The molecular formula is C13H17NO4. The molecule has 3 N–H and O–H groups in total. The predicted molar refractivity (Wildman–Crippen MR) is 66.1 cm³/mol. The van der Waals surface area contributed by atoms with Gasteiger partial charge >= 0.3 is 5.97 Å². The summed E-state index contributed by atoms with van der Waals surface area (Å²) in [5.74, 6) is -1.44. The van der Waals surface area contributed by atoms with Gasteiger partial charge in [-0.3, -0.25) is 9.59 Å². The number of carbonyl (C=O) groups is 2. The third-order valence-electron chi connectivity index (χ3n) is 2.83. The van der Waals surface area contributed by atoms with Crippen molar-refractivity contribution in [1.82, 2.24) is 5.32 Å². The number of benzene rings is 1. The van der Waals surface area contributed by atoms with Gasteiger partial charge in [0.15, 0.2) is 0 Å². The molecule has 5 nitrogen and oxygen atoms in total. The quantitative estimate of drug-likeness (QED) is 0.688. The topological polar surface area (TPSA) is 86.6 Å². The number of nitrogens with one attached hydrogen (secondary N) is 1. The van der Waals surface area contributed by atoms with Crippen molar-refractivity contribution >= 4 is 11.9 Å². The zero-order valence-electron chi connectivity index (χ0n) is 10.2. The first-order valence-corrected chi connectivity index (χ1v) is 5.67. The molecule has 0 fully saturated rings. The lowest BCUT2D eigenvalue weighted by Crippen LogP contribution is -2.39. The minimum atomic E-state index is -1.26. The molecule has 18 heavy (non-hydrogen) atoms. The van der Waals surface area contributed by atoms with E-state index >= 15 is 0 Å². The van der Waals surface area contributed by atoms with Crippen LogP contribution in [0.2, 0.25) is 0 Å². The van der Waals surface area contributed by atoms with Crippen molar-refractivity contribution in [3.8, 4) is 0 Å². The van der Waals surface area contributed by atoms with Crippen LogP contribution in [0.1, 0.15) is 18.9 Å². The number of amides is 1. The molecule has 1 amide bonds. The second-order valence-corrected chi connectivity index (χ2v) is 4.25.